The molecule has 3 N–H and O–H groups in total. The molecule has 3 aromatic heterocycles. The van der Waals surface area contributed by atoms with Crippen LogP contribution >= 0.6 is 11.3 Å². The van der Waals surface area contributed by atoms with Gasteiger partial charge in [0, 0.05) is 49.7 Å². The van der Waals surface area contributed by atoms with E-state index in [1.165, 1.54) is 0 Å². The third kappa shape index (κ3) is 3.54. The van der Waals surface area contributed by atoms with Crippen molar-refractivity contribution in [1.29, 1.82) is 0 Å². The number of urea groups is 1. The molecule has 5 rings (SSSR count). The van der Waals surface area contributed by atoms with E-state index in [0.717, 1.165) is 39.1 Å². The molecule has 0 spiro atoms. The van der Waals surface area contributed by atoms with Crippen LogP contribution in [-0.4, -0.2) is 52.1 Å². The van der Waals surface area contributed by atoms with Crippen molar-refractivity contribution in [1.82, 2.24) is 25.2 Å². The van der Waals surface area contributed by atoms with Gasteiger partial charge in [-0.05, 0) is 40.6 Å². The van der Waals surface area contributed by atoms with Gasteiger partial charge in [-0.1, -0.05) is 12.1 Å². The number of amides is 2. The molecule has 8 heteroatoms. The summed E-state index contributed by atoms with van der Waals surface area (Å²) in [7, 11) is 0. The highest BCUT2D eigenvalue weighted by Gasteiger charge is 2.19. The van der Waals surface area contributed by atoms with Crippen LogP contribution in [0.3, 0.4) is 0 Å². The Morgan fingerprint density at radius 1 is 1.24 bits per heavy atom. The minimum absolute atomic E-state index is 0.0116. The highest BCUT2D eigenvalue weighted by Crippen LogP contribution is 2.34. The van der Waals surface area contributed by atoms with E-state index in [0.29, 0.717) is 25.6 Å². The van der Waals surface area contributed by atoms with Crippen LogP contribution in [0.15, 0.2) is 54.2 Å². The first-order valence-electron chi connectivity index (χ1n) is 9.53. The predicted molar refractivity (Wildman–Crippen MR) is 116 cm³/mol. The number of aromatic nitrogens is 3. The van der Waals surface area contributed by atoms with Crippen molar-refractivity contribution in [3.05, 3.63) is 54.2 Å². The Kier molecular flexibility index (Phi) is 4.61. The number of fused-ring (bicyclic) bond motifs is 1. The van der Waals surface area contributed by atoms with E-state index in [2.05, 4.69) is 56.3 Å². The van der Waals surface area contributed by atoms with E-state index in [1.54, 1.807) is 16.2 Å². The second-order valence-corrected chi connectivity index (χ2v) is 7.81. The van der Waals surface area contributed by atoms with Gasteiger partial charge in [-0.3, -0.25) is 0 Å². The lowest BCUT2D eigenvalue weighted by Crippen LogP contribution is -2.32. The van der Waals surface area contributed by atoms with Crippen molar-refractivity contribution >= 4 is 34.2 Å². The molecule has 0 unspecified atom stereocenters. The van der Waals surface area contributed by atoms with Gasteiger partial charge in [0.2, 0.25) is 5.95 Å². The monoisotopic (exact) mass is 404 g/mol. The fourth-order valence-electron chi connectivity index (χ4n) is 3.53. The maximum absolute atomic E-state index is 11.7. The second kappa shape index (κ2) is 7.56. The molecule has 1 aliphatic heterocycles. The molecule has 146 valence electrons. The molecule has 0 atom stereocenters. The number of nitrogens with zero attached hydrogens (tertiary/aromatic N) is 3. The number of aromatic amines is 1. The Balaban J connectivity index is 1.43. The summed E-state index contributed by atoms with van der Waals surface area (Å²) in [6.07, 6.45) is 3.82. The molecule has 0 radical (unpaired) electrons. The Bertz CT molecular complexity index is 1150. The molecule has 1 fully saturated rings. The number of rotatable bonds is 6. The van der Waals surface area contributed by atoms with E-state index < -0.39 is 0 Å². The summed E-state index contributed by atoms with van der Waals surface area (Å²) < 4.78 is 0. The molecule has 0 aliphatic carbocycles. The third-order valence-corrected chi connectivity index (χ3v) is 5.89. The van der Waals surface area contributed by atoms with Crippen molar-refractivity contribution in [3.8, 4) is 21.7 Å². The average Bonchev–Trinajstić information content (AvgIpc) is 3.50. The maximum Gasteiger partial charge on any atom is 0.317 e. The SMILES string of the molecule is O=C1NCCN1CCNc1ncc(-c2ccc3[nH]ccc3c2)c(-c2cccs2)n1. The number of H-pyrrole nitrogens is 1. The van der Waals surface area contributed by atoms with Gasteiger partial charge >= 0.3 is 6.03 Å². The summed E-state index contributed by atoms with van der Waals surface area (Å²) in [5.41, 5.74) is 4.10. The lowest BCUT2D eigenvalue weighted by atomic mass is 10.0. The van der Waals surface area contributed by atoms with Gasteiger partial charge in [-0.2, -0.15) is 0 Å². The zero-order valence-electron chi connectivity index (χ0n) is 15.7. The smallest absolute Gasteiger partial charge is 0.317 e. The molecule has 29 heavy (non-hydrogen) atoms. The number of carbonyl (C=O) groups is 1. The highest BCUT2D eigenvalue weighted by atomic mass is 32.1. The summed E-state index contributed by atoms with van der Waals surface area (Å²) in [4.78, 5) is 27.1. The van der Waals surface area contributed by atoms with Crippen LogP contribution in [0, 0.1) is 0 Å². The molecule has 1 aromatic carbocycles. The highest BCUT2D eigenvalue weighted by molar-refractivity contribution is 7.13. The maximum atomic E-state index is 11.7. The van der Waals surface area contributed by atoms with Crippen LogP contribution in [0.5, 0.6) is 0 Å². The van der Waals surface area contributed by atoms with Gasteiger partial charge < -0.3 is 20.5 Å². The van der Waals surface area contributed by atoms with Crippen LogP contribution in [0.4, 0.5) is 10.7 Å². The number of benzene rings is 1. The number of anilines is 1. The van der Waals surface area contributed by atoms with Gasteiger partial charge in [0.25, 0.3) is 0 Å². The Morgan fingerprint density at radius 2 is 2.21 bits per heavy atom. The lowest BCUT2D eigenvalue weighted by Gasteiger charge is -2.15. The molecule has 4 aromatic rings. The normalized spacial score (nSPS) is 13.8. The van der Waals surface area contributed by atoms with Gasteiger partial charge in [0.1, 0.15) is 0 Å². The summed E-state index contributed by atoms with van der Waals surface area (Å²) in [6.45, 7) is 2.67. The van der Waals surface area contributed by atoms with Gasteiger partial charge in [-0.15, -0.1) is 11.3 Å². The van der Waals surface area contributed by atoms with E-state index in [9.17, 15) is 4.79 Å². The molecule has 1 saturated heterocycles. The van der Waals surface area contributed by atoms with Crippen LogP contribution in [-0.2, 0) is 0 Å². The third-order valence-electron chi connectivity index (χ3n) is 5.02. The van der Waals surface area contributed by atoms with Crippen molar-refractivity contribution in [2.24, 2.45) is 0 Å². The van der Waals surface area contributed by atoms with Crippen LogP contribution in [0.25, 0.3) is 32.6 Å². The number of hydrogen-bond acceptors (Lipinski definition) is 5. The molecular formula is C21H20N6OS. The van der Waals surface area contributed by atoms with E-state index in [-0.39, 0.29) is 6.03 Å². The Hall–Kier alpha value is -3.39. The van der Waals surface area contributed by atoms with E-state index in [4.69, 9.17) is 4.98 Å². The molecule has 7 nitrogen and oxygen atoms in total. The van der Waals surface area contributed by atoms with Crippen molar-refractivity contribution < 1.29 is 4.79 Å². The molecule has 2 amide bonds. The minimum atomic E-state index is -0.0116. The quantitative estimate of drug-likeness (QED) is 0.456. The molecular weight excluding hydrogens is 384 g/mol. The predicted octanol–water partition coefficient (Wildman–Crippen LogP) is 3.79. The van der Waals surface area contributed by atoms with Gasteiger partial charge in [0.15, 0.2) is 0 Å². The zero-order valence-corrected chi connectivity index (χ0v) is 16.5. The minimum Gasteiger partial charge on any atom is -0.361 e. The summed E-state index contributed by atoms with van der Waals surface area (Å²) >= 11 is 1.66. The van der Waals surface area contributed by atoms with Crippen molar-refractivity contribution in [2.75, 3.05) is 31.5 Å². The zero-order chi connectivity index (χ0) is 19.6. The molecule has 1 aliphatic rings. The largest absolute Gasteiger partial charge is 0.361 e. The van der Waals surface area contributed by atoms with E-state index in [1.807, 2.05) is 18.5 Å². The van der Waals surface area contributed by atoms with Crippen molar-refractivity contribution in [3.63, 3.8) is 0 Å². The summed E-state index contributed by atoms with van der Waals surface area (Å²) in [5.74, 6) is 0.569. The van der Waals surface area contributed by atoms with Crippen molar-refractivity contribution in [2.45, 2.75) is 0 Å². The fourth-order valence-corrected chi connectivity index (χ4v) is 4.26. The molecule has 0 saturated carbocycles. The van der Waals surface area contributed by atoms with Crippen LogP contribution in [0.2, 0.25) is 0 Å². The molecule has 0 bridgehead atoms. The number of nitrogens with one attached hydrogen (secondary N) is 3. The Labute approximate surface area is 171 Å². The molecule has 4 heterocycles. The van der Waals surface area contributed by atoms with Gasteiger partial charge in [0.05, 0.1) is 10.6 Å². The van der Waals surface area contributed by atoms with Crippen LogP contribution < -0.4 is 10.6 Å². The first-order valence-corrected chi connectivity index (χ1v) is 10.4. The topological polar surface area (TPSA) is 85.9 Å². The second-order valence-electron chi connectivity index (χ2n) is 6.86. The fraction of sp³-hybridized carbons (Fsp3) is 0.190. The van der Waals surface area contributed by atoms with Gasteiger partial charge in [-0.25, -0.2) is 14.8 Å². The average molecular weight is 404 g/mol. The lowest BCUT2D eigenvalue weighted by molar-refractivity contribution is 0.219. The number of carbonyl (C=O) groups excluding carboxylic acids is 1. The Morgan fingerprint density at radius 3 is 3.03 bits per heavy atom. The summed E-state index contributed by atoms with van der Waals surface area (Å²) in [6, 6.07) is 12.5. The van der Waals surface area contributed by atoms with E-state index >= 15 is 0 Å². The first kappa shape index (κ1) is 17.7. The number of thiophene rings is 1. The van der Waals surface area contributed by atoms with Crippen LogP contribution in [0.1, 0.15) is 0 Å². The standard InChI is InChI=1S/C21H20N6OS/c28-21-24-8-10-27(21)9-7-23-20-25-13-16(19(26-20)18-2-1-11-29-18)14-3-4-17-15(12-14)5-6-22-17/h1-6,11-13,22H,7-10H2,(H,24,28)(H,23,25,26). The summed E-state index contributed by atoms with van der Waals surface area (Å²) in [5, 5.41) is 9.27. The number of hydrogen-bond donors (Lipinski definition) is 3. The first-order chi connectivity index (χ1) is 14.3.